The molecule has 1 spiro atoms. The molecule has 2 bridgehead atoms. The van der Waals surface area contributed by atoms with Crippen LogP contribution in [0, 0.1) is 23.7 Å². The number of nitrogens with zero attached hydrogens (tertiary/aromatic N) is 2. The quantitative estimate of drug-likeness (QED) is 0.427. The van der Waals surface area contributed by atoms with E-state index in [0.717, 1.165) is 38.6 Å². The third-order valence-electron chi connectivity index (χ3n) is 10.9. The molecule has 0 radical (unpaired) electrons. The van der Waals surface area contributed by atoms with Crippen LogP contribution >= 0.6 is 11.6 Å². The molecule has 0 aromatic heterocycles. The van der Waals surface area contributed by atoms with Crippen molar-refractivity contribution in [2.75, 3.05) is 25.0 Å². The number of piperidine rings is 1. The van der Waals surface area contributed by atoms with Crippen LogP contribution < -0.4 is 10.6 Å². The second-order valence-corrected chi connectivity index (χ2v) is 13.6. The average molecular weight is 597 g/mol. The summed E-state index contributed by atoms with van der Waals surface area (Å²) >= 11 is 6.16. The van der Waals surface area contributed by atoms with Crippen LogP contribution in [-0.2, 0) is 19.1 Å². The fourth-order valence-corrected chi connectivity index (χ4v) is 8.59. The van der Waals surface area contributed by atoms with E-state index in [1.807, 2.05) is 12.2 Å². The van der Waals surface area contributed by atoms with Crippen molar-refractivity contribution in [3.8, 4) is 0 Å². The van der Waals surface area contributed by atoms with Gasteiger partial charge in [-0.3, -0.25) is 19.3 Å². The van der Waals surface area contributed by atoms with E-state index in [4.69, 9.17) is 16.3 Å². The number of benzene rings is 1. The Balaban J connectivity index is 1.28. The number of anilines is 1. The summed E-state index contributed by atoms with van der Waals surface area (Å²) in [4.78, 5) is 46.6. The maximum atomic E-state index is 14.4. The normalized spacial score (nSPS) is 37.6. The molecule has 4 fully saturated rings. The summed E-state index contributed by atoms with van der Waals surface area (Å²) in [7, 11) is 0. The summed E-state index contributed by atoms with van der Waals surface area (Å²) in [5.41, 5.74) is -0.585. The van der Waals surface area contributed by atoms with Crippen LogP contribution in [-0.4, -0.2) is 77.0 Å². The van der Waals surface area contributed by atoms with Crippen molar-refractivity contribution >= 4 is 35.0 Å². The van der Waals surface area contributed by atoms with Gasteiger partial charge in [0, 0.05) is 35.9 Å². The van der Waals surface area contributed by atoms with Gasteiger partial charge in [-0.05, 0) is 62.3 Å². The molecule has 2 N–H and O–H groups in total. The number of fused-ring (bicyclic) bond motifs is 1. The SMILES string of the molecule is CC[C@@H]1CCCCN1CCN1C(=O)[C@@H]2[C@H](C(=O)Nc3cccc(Cl)c3)[C@@H]3C=C[C@@]2(O3)[C@@H]1C(=O)N[C@@H]1CCC[C@H](C)[C@@H]1C. The van der Waals surface area contributed by atoms with Crippen molar-refractivity contribution in [2.24, 2.45) is 23.7 Å². The fraction of sp³-hybridized carbons (Fsp3) is 0.667. The minimum Gasteiger partial charge on any atom is -0.359 e. The van der Waals surface area contributed by atoms with E-state index in [1.54, 1.807) is 29.2 Å². The lowest BCUT2D eigenvalue weighted by Gasteiger charge is -2.39. The maximum Gasteiger partial charge on any atom is 0.246 e. The largest absolute Gasteiger partial charge is 0.359 e. The predicted octanol–water partition coefficient (Wildman–Crippen LogP) is 4.63. The molecule has 42 heavy (non-hydrogen) atoms. The topological polar surface area (TPSA) is 91.0 Å². The number of ether oxygens (including phenoxy) is 1. The second-order valence-electron chi connectivity index (χ2n) is 13.2. The highest BCUT2D eigenvalue weighted by molar-refractivity contribution is 6.30. The molecule has 1 saturated carbocycles. The highest BCUT2D eigenvalue weighted by atomic mass is 35.5. The zero-order valence-electron chi connectivity index (χ0n) is 25.1. The van der Waals surface area contributed by atoms with E-state index >= 15 is 0 Å². The number of carbonyl (C=O) groups excluding carboxylic acids is 3. The van der Waals surface area contributed by atoms with Gasteiger partial charge in [-0.25, -0.2) is 0 Å². The molecule has 9 heteroatoms. The van der Waals surface area contributed by atoms with E-state index in [0.29, 0.717) is 41.7 Å². The molecule has 4 aliphatic heterocycles. The first-order valence-corrected chi connectivity index (χ1v) is 16.4. The third-order valence-corrected chi connectivity index (χ3v) is 11.1. The van der Waals surface area contributed by atoms with Gasteiger partial charge < -0.3 is 20.3 Å². The van der Waals surface area contributed by atoms with Crippen LogP contribution in [0.15, 0.2) is 36.4 Å². The van der Waals surface area contributed by atoms with Gasteiger partial charge in [-0.2, -0.15) is 0 Å². The van der Waals surface area contributed by atoms with Crippen LogP contribution in [0.4, 0.5) is 5.69 Å². The minimum absolute atomic E-state index is 0.0599. The van der Waals surface area contributed by atoms with Crippen molar-refractivity contribution in [3.63, 3.8) is 0 Å². The third kappa shape index (κ3) is 5.17. The van der Waals surface area contributed by atoms with Gasteiger partial charge in [0.25, 0.3) is 0 Å². The number of rotatable bonds is 8. The van der Waals surface area contributed by atoms with E-state index in [2.05, 4.69) is 36.3 Å². The average Bonchev–Trinajstić information content (AvgIpc) is 3.61. The number of amides is 3. The molecule has 1 aromatic rings. The van der Waals surface area contributed by atoms with Gasteiger partial charge in [-0.15, -0.1) is 0 Å². The Morgan fingerprint density at radius 3 is 2.71 bits per heavy atom. The predicted molar refractivity (Wildman–Crippen MR) is 163 cm³/mol. The van der Waals surface area contributed by atoms with Gasteiger partial charge in [0.05, 0.1) is 17.9 Å². The molecule has 228 valence electrons. The van der Waals surface area contributed by atoms with Gasteiger partial charge in [0.2, 0.25) is 17.7 Å². The molecule has 6 rings (SSSR count). The molecular weight excluding hydrogens is 552 g/mol. The number of hydrogen-bond donors (Lipinski definition) is 2. The number of likely N-dealkylation sites (tertiary alicyclic amines) is 2. The number of nitrogens with one attached hydrogen (secondary N) is 2. The Hall–Kier alpha value is -2.42. The summed E-state index contributed by atoms with van der Waals surface area (Å²) in [5, 5.41) is 6.83. The van der Waals surface area contributed by atoms with Crippen molar-refractivity contribution in [1.29, 1.82) is 0 Å². The number of hydrogen-bond acceptors (Lipinski definition) is 5. The summed E-state index contributed by atoms with van der Waals surface area (Å²) in [5.74, 6) is -1.22. The van der Waals surface area contributed by atoms with Crippen LogP contribution in [0.2, 0.25) is 5.02 Å². The minimum atomic E-state index is -1.16. The van der Waals surface area contributed by atoms with Crippen molar-refractivity contribution < 1.29 is 19.1 Å². The summed E-state index contributed by atoms with van der Waals surface area (Å²) in [6.45, 7) is 8.83. The molecule has 1 aliphatic carbocycles. The van der Waals surface area contributed by atoms with E-state index in [9.17, 15) is 14.4 Å². The Labute approximate surface area is 254 Å². The van der Waals surface area contributed by atoms with E-state index in [1.165, 1.54) is 12.8 Å². The van der Waals surface area contributed by atoms with Gasteiger partial charge in [0.15, 0.2) is 0 Å². The van der Waals surface area contributed by atoms with Crippen molar-refractivity contribution in [2.45, 2.75) is 95.5 Å². The molecule has 3 amide bonds. The second kappa shape index (κ2) is 11.9. The van der Waals surface area contributed by atoms with Crippen molar-refractivity contribution in [1.82, 2.24) is 15.1 Å². The van der Waals surface area contributed by atoms with Gasteiger partial charge in [0.1, 0.15) is 11.6 Å². The van der Waals surface area contributed by atoms with Gasteiger partial charge in [-0.1, -0.05) is 69.9 Å². The first-order valence-electron chi connectivity index (χ1n) is 16.0. The summed E-state index contributed by atoms with van der Waals surface area (Å²) < 4.78 is 6.55. The maximum absolute atomic E-state index is 14.4. The van der Waals surface area contributed by atoms with Crippen molar-refractivity contribution in [3.05, 3.63) is 41.4 Å². The van der Waals surface area contributed by atoms with Crippen LogP contribution in [0.1, 0.15) is 65.7 Å². The molecular formula is C33H45ClN4O4. The lowest BCUT2D eigenvalue weighted by molar-refractivity contribution is -0.142. The summed E-state index contributed by atoms with van der Waals surface area (Å²) in [6.07, 6.45) is 11.0. The first kappa shape index (κ1) is 29.6. The molecule has 1 aromatic carbocycles. The van der Waals surface area contributed by atoms with E-state index < -0.39 is 29.6 Å². The van der Waals surface area contributed by atoms with E-state index in [-0.39, 0.29) is 23.8 Å². The zero-order valence-corrected chi connectivity index (χ0v) is 25.8. The molecule has 3 saturated heterocycles. The van der Waals surface area contributed by atoms with Crippen LogP contribution in [0.25, 0.3) is 0 Å². The highest BCUT2D eigenvalue weighted by Crippen LogP contribution is 2.55. The lowest BCUT2D eigenvalue weighted by Crippen LogP contribution is -2.58. The monoisotopic (exact) mass is 596 g/mol. The Kier molecular flexibility index (Phi) is 8.42. The van der Waals surface area contributed by atoms with Crippen LogP contribution in [0.3, 0.4) is 0 Å². The van der Waals surface area contributed by atoms with Gasteiger partial charge >= 0.3 is 0 Å². The highest BCUT2D eigenvalue weighted by Gasteiger charge is 2.72. The Morgan fingerprint density at radius 2 is 1.93 bits per heavy atom. The lowest BCUT2D eigenvalue weighted by atomic mass is 9.73. The Bertz CT molecular complexity index is 1240. The molecule has 9 atom stereocenters. The number of halogens is 1. The summed E-state index contributed by atoms with van der Waals surface area (Å²) in [6, 6.07) is 6.73. The Morgan fingerprint density at radius 1 is 1.10 bits per heavy atom. The fourth-order valence-electron chi connectivity index (χ4n) is 8.40. The standard InChI is InChI=1S/C33H45ClN4O4/c1-4-24-12-5-6-16-37(24)17-18-38-29(31(40)36-25-13-7-9-20(2)21(25)3)33-15-14-26(42-33)27(28(33)32(38)41)30(39)35-23-11-8-10-22(34)19-23/h8,10-11,14-15,19-21,24-29H,4-7,9,12-13,16-18H2,1-3H3,(H,35,39)(H,36,40)/t20-,21-,24+,25+,26-,27+,28-,29-,33-/m0/s1. The zero-order chi connectivity index (χ0) is 29.6. The molecule has 5 aliphatic rings. The number of carbonyl (C=O) groups is 3. The first-order chi connectivity index (χ1) is 20.2. The molecule has 8 nitrogen and oxygen atoms in total. The smallest absolute Gasteiger partial charge is 0.246 e. The van der Waals surface area contributed by atoms with Crippen LogP contribution in [0.5, 0.6) is 0 Å². The molecule has 4 heterocycles. The molecule has 0 unspecified atom stereocenters.